The van der Waals surface area contributed by atoms with Gasteiger partial charge in [-0.15, -0.1) is 17.0 Å². The van der Waals surface area contributed by atoms with Crippen molar-refractivity contribution in [3.05, 3.63) is 24.3 Å². The summed E-state index contributed by atoms with van der Waals surface area (Å²) in [6, 6.07) is 4.24. The number of halogens is 4. The van der Waals surface area contributed by atoms with Crippen LogP contribution in [0.4, 0.5) is 24.5 Å². The number of carbonyl (C=O) groups excluding carboxylic acids is 3. The minimum absolute atomic E-state index is 0. The second kappa shape index (κ2) is 10.2. The van der Waals surface area contributed by atoms with E-state index in [-0.39, 0.29) is 48.9 Å². The van der Waals surface area contributed by atoms with E-state index in [4.69, 9.17) is 0 Å². The van der Waals surface area contributed by atoms with Crippen molar-refractivity contribution >= 4 is 46.1 Å². The van der Waals surface area contributed by atoms with E-state index >= 15 is 0 Å². The minimum Gasteiger partial charge on any atom is -0.374 e. The highest BCUT2D eigenvalue weighted by Gasteiger charge is 2.45. The molecule has 30 heavy (non-hydrogen) atoms. The summed E-state index contributed by atoms with van der Waals surface area (Å²) in [5.41, 5.74) is 0.943. The fourth-order valence-electron chi connectivity index (χ4n) is 3.36. The molecule has 2 saturated heterocycles. The number of rotatable bonds is 5. The van der Waals surface area contributed by atoms with Crippen molar-refractivity contribution in [2.45, 2.75) is 31.1 Å². The summed E-state index contributed by atoms with van der Waals surface area (Å²) >= 11 is 0. The number of hydrogen-bond donors (Lipinski definition) is 4. The van der Waals surface area contributed by atoms with Gasteiger partial charge in [0.15, 0.2) is 0 Å². The molecule has 166 valence electrons. The van der Waals surface area contributed by atoms with E-state index in [2.05, 4.69) is 21.3 Å². The Balaban J connectivity index is 0.00000320. The minimum atomic E-state index is -4.42. The molecule has 4 N–H and O–H groups in total. The normalized spacial score (nSPS) is 22.6. The van der Waals surface area contributed by atoms with Crippen LogP contribution >= 0.6 is 17.0 Å². The molecular weight excluding hydrogens is 471 g/mol. The molecule has 0 saturated carbocycles. The van der Waals surface area contributed by atoms with Crippen LogP contribution in [-0.2, 0) is 14.4 Å². The molecular formula is C18H23BrF3N5O3. The van der Waals surface area contributed by atoms with Crippen LogP contribution in [0.1, 0.15) is 12.8 Å². The van der Waals surface area contributed by atoms with Gasteiger partial charge in [-0.25, -0.2) is 0 Å². The van der Waals surface area contributed by atoms with E-state index in [9.17, 15) is 27.6 Å². The summed E-state index contributed by atoms with van der Waals surface area (Å²) in [7, 11) is 0. The van der Waals surface area contributed by atoms with Gasteiger partial charge in [0.1, 0.15) is 12.1 Å². The van der Waals surface area contributed by atoms with Crippen LogP contribution < -0.4 is 21.3 Å². The number of carbonyl (C=O) groups is 3. The number of piperidine rings is 1. The van der Waals surface area contributed by atoms with Crippen LogP contribution in [0.5, 0.6) is 0 Å². The van der Waals surface area contributed by atoms with Crippen molar-refractivity contribution in [2.24, 2.45) is 0 Å². The number of benzene rings is 1. The summed E-state index contributed by atoms with van der Waals surface area (Å²) in [6.07, 6.45) is -3.84. The van der Waals surface area contributed by atoms with Crippen LogP contribution in [0.2, 0.25) is 0 Å². The Morgan fingerprint density at radius 3 is 2.67 bits per heavy atom. The van der Waals surface area contributed by atoms with Gasteiger partial charge in [0.25, 0.3) is 0 Å². The number of alkyl halides is 3. The number of amides is 3. The van der Waals surface area contributed by atoms with Crippen molar-refractivity contribution in [3.8, 4) is 0 Å². The Morgan fingerprint density at radius 1 is 1.23 bits per heavy atom. The third-order valence-corrected chi connectivity index (χ3v) is 4.81. The second-order valence-electron chi connectivity index (χ2n) is 7.01. The maximum atomic E-state index is 13.1. The van der Waals surface area contributed by atoms with Gasteiger partial charge in [-0.1, -0.05) is 6.07 Å². The summed E-state index contributed by atoms with van der Waals surface area (Å²) in [4.78, 5) is 36.4. The van der Waals surface area contributed by atoms with Gasteiger partial charge in [0.05, 0.1) is 6.54 Å². The second-order valence-corrected chi connectivity index (χ2v) is 7.01. The summed E-state index contributed by atoms with van der Waals surface area (Å²) in [5.74, 6) is -1.30. The molecule has 1 unspecified atom stereocenters. The lowest BCUT2D eigenvalue weighted by molar-refractivity contribution is -0.187. The van der Waals surface area contributed by atoms with Crippen molar-refractivity contribution in [3.63, 3.8) is 0 Å². The smallest absolute Gasteiger partial charge is 0.374 e. The molecule has 2 atom stereocenters. The maximum absolute atomic E-state index is 13.1. The molecule has 2 heterocycles. The van der Waals surface area contributed by atoms with Crippen molar-refractivity contribution in [1.82, 2.24) is 15.5 Å². The highest BCUT2D eigenvalue weighted by Crippen LogP contribution is 2.26. The Bertz CT molecular complexity index is 793. The molecule has 0 spiro atoms. The first-order valence-electron chi connectivity index (χ1n) is 9.24. The predicted molar refractivity (Wildman–Crippen MR) is 109 cm³/mol. The molecule has 1 aromatic rings. The van der Waals surface area contributed by atoms with Gasteiger partial charge in [-0.2, -0.15) is 13.2 Å². The molecule has 0 radical (unpaired) electrons. The van der Waals surface area contributed by atoms with Crippen LogP contribution in [0.25, 0.3) is 0 Å². The number of anilines is 2. The molecule has 0 bridgehead atoms. The van der Waals surface area contributed by atoms with Gasteiger partial charge in [-0.3, -0.25) is 24.6 Å². The molecule has 2 aliphatic heterocycles. The third kappa shape index (κ3) is 6.41. The predicted octanol–water partition coefficient (Wildman–Crippen LogP) is 1.26. The molecule has 0 aromatic heterocycles. The van der Waals surface area contributed by atoms with Crippen LogP contribution in [0, 0.1) is 0 Å². The van der Waals surface area contributed by atoms with Gasteiger partial charge in [0, 0.05) is 37.4 Å². The van der Waals surface area contributed by atoms with E-state index < -0.39 is 30.1 Å². The topological polar surface area (TPSA) is 103 Å². The maximum Gasteiger partial charge on any atom is 0.405 e. The van der Waals surface area contributed by atoms with Crippen LogP contribution in [0.15, 0.2) is 24.3 Å². The monoisotopic (exact) mass is 493 g/mol. The molecule has 2 aliphatic rings. The fourth-order valence-corrected chi connectivity index (χ4v) is 3.36. The summed E-state index contributed by atoms with van der Waals surface area (Å²) in [6.45, 7) is -0.126. The largest absolute Gasteiger partial charge is 0.405 e. The molecule has 12 heteroatoms. The standard InChI is InChI=1S/C18H22F3N5O3.BrH/c19-18(20,21)14-9-22-6-7-26(14)10-16(28)24-12-3-1-2-11(8-12)23-13-4-5-15(27)25-17(13)29;/h1-3,8,13-14,22-23H,4-7,9-10H2,(H,24,28)(H,25,27,29);1H/t13?,14-;/m1./s1. The fraction of sp³-hybridized carbons (Fsp3) is 0.500. The van der Waals surface area contributed by atoms with E-state index in [0.717, 1.165) is 4.90 Å². The molecule has 2 fully saturated rings. The molecule has 1 aromatic carbocycles. The zero-order valence-corrected chi connectivity index (χ0v) is 17.6. The highest BCUT2D eigenvalue weighted by atomic mass is 79.9. The third-order valence-electron chi connectivity index (χ3n) is 4.81. The number of nitrogens with one attached hydrogen (secondary N) is 4. The number of piperazine rings is 1. The van der Waals surface area contributed by atoms with Crippen LogP contribution in [0.3, 0.4) is 0 Å². The molecule has 3 amide bonds. The van der Waals surface area contributed by atoms with Gasteiger partial charge < -0.3 is 16.0 Å². The molecule has 0 aliphatic carbocycles. The first-order valence-corrected chi connectivity index (χ1v) is 9.24. The molecule has 3 rings (SSSR count). The number of nitrogens with zero attached hydrogens (tertiary/aromatic N) is 1. The lowest BCUT2D eigenvalue weighted by Gasteiger charge is -2.36. The van der Waals surface area contributed by atoms with Crippen molar-refractivity contribution < 1.29 is 27.6 Å². The lowest BCUT2D eigenvalue weighted by Crippen LogP contribution is -2.59. The van der Waals surface area contributed by atoms with E-state index in [1.165, 1.54) is 0 Å². The zero-order chi connectivity index (χ0) is 21.0. The van der Waals surface area contributed by atoms with Crippen LogP contribution in [-0.4, -0.2) is 67.1 Å². The first kappa shape index (κ1) is 24.1. The van der Waals surface area contributed by atoms with Crippen molar-refractivity contribution in [2.75, 3.05) is 36.8 Å². The SMILES string of the molecule is Br.O=C1CCC(Nc2cccc(NC(=O)CN3CCNC[C@@H]3C(F)(F)F)c2)C(=O)N1. The summed E-state index contributed by atoms with van der Waals surface area (Å²) < 4.78 is 39.4. The van der Waals surface area contributed by atoms with E-state index in [1.807, 2.05) is 0 Å². The highest BCUT2D eigenvalue weighted by molar-refractivity contribution is 8.93. The Morgan fingerprint density at radius 2 is 1.97 bits per heavy atom. The van der Waals surface area contributed by atoms with Crippen molar-refractivity contribution in [1.29, 1.82) is 0 Å². The quantitative estimate of drug-likeness (QED) is 0.460. The Kier molecular flexibility index (Phi) is 8.21. The number of hydrogen-bond acceptors (Lipinski definition) is 6. The van der Waals surface area contributed by atoms with Gasteiger partial charge >= 0.3 is 6.18 Å². The average Bonchev–Trinajstić information content (AvgIpc) is 2.64. The summed E-state index contributed by atoms with van der Waals surface area (Å²) in [5, 5.41) is 10.5. The van der Waals surface area contributed by atoms with E-state index in [0.29, 0.717) is 24.3 Å². The lowest BCUT2D eigenvalue weighted by atomic mass is 10.1. The van der Waals surface area contributed by atoms with Gasteiger partial charge in [-0.05, 0) is 24.6 Å². The Labute approximate surface area is 181 Å². The Hall–Kier alpha value is -2.18. The zero-order valence-electron chi connectivity index (χ0n) is 15.9. The number of imide groups is 1. The first-order chi connectivity index (χ1) is 13.7. The average molecular weight is 494 g/mol. The van der Waals surface area contributed by atoms with Gasteiger partial charge in [0.2, 0.25) is 17.7 Å². The molecule has 8 nitrogen and oxygen atoms in total. The van der Waals surface area contributed by atoms with E-state index in [1.54, 1.807) is 24.3 Å².